The van der Waals surface area contributed by atoms with Crippen molar-refractivity contribution in [2.24, 2.45) is 5.92 Å². The molecule has 0 fully saturated rings. The minimum Gasteiger partial charge on any atom is -0.293 e. The number of benzene rings is 2. The first kappa shape index (κ1) is 16.9. The maximum Gasteiger partial charge on any atom is 0.173 e. The Hall–Kier alpha value is -2.48. The van der Waals surface area contributed by atoms with Gasteiger partial charge in [0.2, 0.25) is 0 Å². The van der Waals surface area contributed by atoms with Crippen molar-refractivity contribution in [3.8, 4) is 0 Å². The standard InChI is InChI=1S/C21H22O2/c1-16(2)10-9-15-19(20(22)17-11-5-3-6-12-17)21(23)18-13-7-4-8-14-18/h3-8,10-14,19H,9,15H2,1-2H3. The van der Waals surface area contributed by atoms with Crippen molar-refractivity contribution in [3.63, 3.8) is 0 Å². The molecular weight excluding hydrogens is 284 g/mol. The van der Waals surface area contributed by atoms with Crippen LogP contribution in [0.3, 0.4) is 0 Å². The second kappa shape index (κ2) is 8.23. The molecule has 2 aromatic rings. The SMILES string of the molecule is CC(C)=CCCC(C(=O)c1ccccc1)C(=O)c1ccccc1. The monoisotopic (exact) mass is 306 g/mol. The largest absolute Gasteiger partial charge is 0.293 e. The first-order valence-corrected chi connectivity index (χ1v) is 7.91. The average molecular weight is 306 g/mol. The number of Topliss-reactive ketones (excluding diaryl/α,β-unsaturated/α-hetero) is 2. The van der Waals surface area contributed by atoms with Crippen LogP contribution in [0.1, 0.15) is 47.4 Å². The van der Waals surface area contributed by atoms with Gasteiger partial charge in [0.1, 0.15) is 0 Å². The molecule has 2 nitrogen and oxygen atoms in total. The molecule has 0 aliphatic carbocycles. The molecule has 0 saturated carbocycles. The summed E-state index contributed by atoms with van der Waals surface area (Å²) in [5.41, 5.74) is 2.39. The number of carbonyl (C=O) groups excluding carboxylic acids is 2. The van der Waals surface area contributed by atoms with Gasteiger partial charge in [-0.3, -0.25) is 9.59 Å². The second-order valence-corrected chi connectivity index (χ2v) is 5.87. The molecule has 0 aliphatic heterocycles. The minimum atomic E-state index is -0.629. The third-order valence-electron chi connectivity index (χ3n) is 3.76. The van der Waals surface area contributed by atoms with Crippen molar-refractivity contribution in [2.75, 3.05) is 0 Å². The molecule has 2 aromatic carbocycles. The van der Waals surface area contributed by atoms with Crippen molar-refractivity contribution in [2.45, 2.75) is 26.7 Å². The summed E-state index contributed by atoms with van der Waals surface area (Å²) in [7, 11) is 0. The zero-order chi connectivity index (χ0) is 16.7. The van der Waals surface area contributed by atoms with E-state index in [2.05, 4.69) is 6.08 Å². The van der Waals surface area contributed by atoms with Gasteiger partial charge >= 0.3 is 0 Å². The molecule has 118 valence electrons. The normalized spacial score (nSPS) is 10.4. The summed E-state index contributed by atoms with van der Waals surface area (Å²) in [6.07, 6.45) is 3.33. The van der Waals surface area contributed by atoms with Gasteiger partial charge in [0, 0.05) is 11.1 Å². The molecule has 0 spiro atoms. The topological polar surface area (TPSA) is 34.1 Å². The van der Waals surface area contributed by atoms with Crippen molar-refractivity contribution in [3.05, 3.63) is 83.4 Å². The second-order valence-electron chi connectivity index (χ2n) is 5.87. The summed E-state index contributed by atoms with van der Waals surface area (Å²) in [5.74, 6) is -0.821. The van der Waals surface area contributed by atoms with E-state index in [1.807, 2.05) is 50.2 Å². The molecule has 0 aliphatic rings. The Bertz CT molecular complexity index is 629. The van der Waals surface area contributed by atoms with E-state index in [1.54, 1.807) is 24.3 Å². The van der Waals surface area contributed by atoms with Gasteiger partial charge in [0.05, 0.1) is 5.92 Å². The zero-order valence-electron chi connectivity index (χ0n) is 13.7. The van der Waals surface area contributed by atoms with Gasteiger partial charge in [-0.05, 0) is 26.7 Å². The van der Waals surface area contributed by atoms with Crippen LogP contribution in [0.25, 0.3) is 0 Å². The van der Waals surface area contributed by atoms with Crippen LogP contribution in [0, 0.1) is 5.92 Å². The molecule has 23 heavy (non-hydrogen) atoms. The van der Waals surface area contributed by atoms with Gasteiger partial charge < -0.3 is 0 Å². The Labute approximate surface area is 137 Å². The number of rotatable bonds is 7. The summed E-state index contributed by atoms with van der Waals surface area (Å²) < 4.78 is 0. The Kier molecular flexibility index (Phi) is 6.04. The fraction of sp³-hybridized carbons (Fsp3) is 0.238. The van der Waals surface area contributed by atoms with E-state index in [9.17, 15) is 9.59 Å². The van der Waals surface area contributed by atoms with Gasteiger partial charge in [-0.15, -0.1) is 0 Å². The van der Waals surface area contributed by atoms with Crippen LogP contribution in [-0.2, 0) is 0 Å². The predicted octanol–water partition coefficient (Wildman–Crippen LogP) is 5.11. The molecular formula is C21H22O2. The van der Waals surface area contributed by atoms with E-state index in [-0.39, 0.29) is 11.6 Å². The van der Waals surface area contributed by atoms with Crippen LogP contribution >= 0.6 is 0 Å². The quantitative estimate of drug-likeness (QED) is 0.404. The number of allylic oxidation sites excluding steroid dienone is 2. The Balaban J connectivity index is 2.26. The highest BCUT2D eigenvalue weighted by molar-refractivity contribution is 6.16. The lowest BCUT2D eigenvalue weighted by molar-refractivity contribution is 0.0800. The molecule has 2 rings (SSSR count). The summed E-state index contributed by atoms with van der Waals surface area (Å²) in [4.78, 5) is 25.6. The summed E-state index contributed by atoms with van der Waals surface area (Å²) in [6.45, 7) is 4.04. The maximum atomic E-state index is 12.8. The summed E-state index contributed by atoms with van der Waals surface area (Å²) in [5, 5.41) is 0. The predicted molar refractivity (Wildman–Crippen MR) is 93.7 cm³/mol. The molecule has 2 heteroatoms. The highest BCUT2D eigenvalue weighted by Gasteiger charge is 2.27. The molecule has 0 amide bonds. The highest BCUT2D eigenvalue weighted by atomic mass is 16.1. The molecule has 0 radical (unpaired) electrons. The van der Waals surface area contributed by atoms with E-state index >= 15 is 0 Å². The maximum absolute atomic E-state index is 12.8. The van der Waals surface area contributed by atoms with Crippen molar-refractivity contribution >= 4 is 11.6 Å². The van der Waals surface area contributed by atoms with Gasteiger partial charge in [0.25, 0.3) is 0 Å². The fourth-order valence-electron chi connectivity index (χ4n) is 2.53. The van der Waals surface area contributed by atoms with E-state index in [0.717, 1.165) is 6.42 Å². The minimum absolute atomic E-state index is 0.0957. The number of ketones is 2. The van der Waals surface area contributed by atoms with Crippen LogP contribution in [0.5, 0.6) is 0 Å². The summed E-state index contributed by atoms with van der Waals surface area (Å²) >= 11 is 0. The number of hydrogen-bond acceptors (Lipinski definition) is 2. The molecule has 0 aromatic heterocycles. The van der Waals surface area contributed by atoms with Crippen LogP contribution in [-0.4, -0.2) is 11.6 Å². The molecule has 0 heterocycles. The van der Waals surface area contributed by atoms with Gasteiger partial charge in [-0.25, -0.2) is 0 Å². The van der Waals surface area contributed by atoms with E-state index in [0.29, 0.717) is 17.5 Å². The lowest BCUT2D eigenvalue weighted by Gasteiger charge is -2.14. The van der Waals surface area contributed by atoms with Crippen LogP contribution in [0.4, 0.5) is 0 Å². The molecule has 0 N–H and O–H groups in total. The Morgan fingerprint density at radius 2 is 1.26 bits per heavy atom. The zero-order valence-corrected chi connectivity index (χ0v) is 13.7. The molecule has 0 unspecified atom stereocenters. The van der Waals surface area contributed by atoms with E-state index < -0.39 is 5.92 Å². The first-order chi connectivity index (χ1) is 11.1. The number of carbonyl (C=O) groups is 2. The van der Waals surface area contributed by atoms with Crippen LogP contribution in [0.15, 0.2) is 72.3 Å². The molecule has 0 saturated heterocycles. The van der Waals surface area contributed by atoms with E-state index in [1.165, 1.54) is 5.57 Å². The highest BCUT2D eigenvalue weighted by Crippen LogP contribution is 2.20. The summed E-state index contributed by atoms with van der Waals surface area (Å²) in [6, 6.07) is 18.1. The van der Waals surface area contributed by atoms with Crippen LogP contribution < -0.4 is 0 Å². The van der Waals surface area contributed by atoms with Crippen LogP contribution in [0.2, 0.25) is 0 Å². The Morgan fingerprint density at radius 1 is 0.826 bits per heavy atom. The van der Waals surface area contributed by atoms with Crippen molar-refractivity contribution in [1.82, 2.24) is 0 Å². The third kappa shape index (κ3) is 4.75. The van der Waals surface area contributed by atoms with Crippen molar-refractivity contribution in [1.29, 1.82) is 0 Å². The first-order valence-electron chi connectivity index (χ1n) is 7.91. The van der Waals surface area contributed by atoms with Gasteiger partial charge in [-0.1, -0.05) is 72.3 Å². The van der Waals surface area contributed by atoms with Crippen molar-refractivity contribution < 1.29 is 9.59 Å². The average Bonchev–Trinajstić information content (AvgIpc) is 2.59. The smallest absolute Gasteiger partial charge is 0.173 e. The van der Waals surface area contributed by atoms with Gasteiger partial charge in [-0.2, -0.15) is 0 Å². The number of hydrogen-bond donors (Lipinski definition) is 0. The fourth-order valence-corrected chi connectivity index (χ4v) is 2.53. The Morgan fingerprint density at radius 3 is 1.65 bits per heavy atom. The molecule has 0 bridgehead atoms. The van der Waals surface area contributed by atoms with E-state index in [4.69, 9.17) is 0 Å². The van der Waals surface area contributed by atoms with Gasteiger partial charge in [0.15, 0.2) is 11.6 Å². The lowest BCUT2D eigenvalue weighted by Crippen LogP contribution is -2.24. The molecule has 0 atom stereocenters. The lowest BCUT2D eigenvalue weighted by atomic mass is 9.86. The third-order valence-corrected chi connectivity index (χ3v) is 3.76.